The number of carbonyl (C=O) groups is 2. The van der Waals surface area contributed by atoms with E-state index in [1.165, 1.54) is 0 Å². The van der Waals surface area contributed by atoms with Crippen LogP contribution in [0.3, 0.4) is 0 Å². The highest BCUT2D eigenvalue weighted by atomic mass is 16.5. The predicted octanol–water partition coefficient (Wildman–Crippen LogP) is 0.502. The molecule has 0 radical (unpaired) electrons. The van der Waals surface area contributed by atoms with Crippen molar-refractivity contribution in [3.05, 3.63) is 35.4 Å². The Bertz CT molecular complexity index is 545. The van der Waals surface area contributed by atoms with E-state index in [0.29, 0.717) is 26.2 Å². The summed E-state index contributed by atoms with van der Waals surface area (Å²) in [4.78, 5) is 25.3. The molecule has 1 aliphatic rings. The Balaban J connectivity index is 1.76. The average molecular weight is 319 g/mol. The Morgan fingerprint density at radius 3 is 2.48 bits per heavy atom. The molecule has 2 rings (SSSR count). The second kappa shape index (κ2) is 8.08. The van der Waals surface area contributed by atoms with Crippen LogP contribution in [0, 0.1) is 11.8 Å². The molecular formula is C17H25N3O3. The first kappa shape index (κ1) is 17.4. The lowest BCUT2D eigenvalue weighted by Crippen LogP contribution is -2.36. The molecule has 0 spiro atoms. The van der Waals surface area contributed by atoms with Crippen molar-refractivity contribution in [2.24, 2.45) is 17.6 Å². The molecule has 0 bridgehead atoms. The molecule has 0 saturated carbocycles. The Morgan fingerprint density at radius 2 is 1.91 bits per heavy atom. The number of nitrogens with one attached hydrogen (secondary N) is 1. The molecule has 2 amide bonds. The molecule has 1 fully saturated rings. The summed E-state index contributed by atoms with van der Waals surface area (Å²) in [5, 5.41) is 2.91. The Morgan fingerprint density at radius 1 is 1.26 bits per heavy atom. The number of nitrogens with two attached hydrogens (primary N) is 1. The predicted molar refractivity (Wildman–Crippen MR) is 87.3 cm³/mol. The lowest BCUT2D eigenvalue weighted by atomic mass is 9.98. The molecule has 0 unspecified atom stereocenters. The van der Waals surface area contributed by atoms with Gasteiger partial charge in [-0.15, -0.1) is 0 Å². The summed E-state index contributed by atoms with van der Waals surface area (Å²) in [6.07, 6.45) is 0. The average Bonchev–Trinajstić information content (AvgIpc) is 2.87. The Labute approximate surface area is 137 Å². The number of rotatable bonds is 7. The molecule has 1 saturated heterocycles. The van der Waals surface area contributed by atoms with E-state index >= 15 is 0 Å². The van der Waals surface area contributed by atoms with E-state index in [-0.39, 0.29) is 23.7 Å². The minimum absolute atomic E-state index is 0.0386. The summed E-state index contributed by atoms with van der Waals surface area (Å²) in [5.41, 5.74) is 7.52. The number of hydrogen-bond acceptors (Lipinski definition) is 4. The number of benzene rings is 1. The summed E-state index contributed by atoms with van der Waals surface area (Å²) in [7, 11) is 1.66. The van der Waals surface area contributed by atoms with Gasteiger partial charge >= 0.3 is 0 Å². The topological polar surface area (TPSA) is 84.7 Å². The number of likely N-dealkylation sites (tertiary alicyclic amines) is 1. The van der Waals surface area contributed by atoms with Crippen molar-refractivity contribution in [2.75, 3.05) is 26.7 Å². The van der Waals surface area contributed by atoms with Crippen LogP contribution in [-0.2, 0) is 27.5 Å². The van der Waals surface area contributed by atoms with Gasteiger partial charge in [-0.2, -0.15) is 0 Å². The SMILES string of the molecule is COCc1ccc(CNC(=O)CN2C[C@@H](C)[C@H](C(N)=O)C2)cc1. The minimum atomic E-state index is -0.281. The molecule has 1 heterocycles. The van der Waals surface area contributed by atoms with Crippen LogP contribution in [0.25, 0.3) is 0 Å². The Hall–Kier alpha value is -1.92. The first-order valence-corrected chi connectivity index (χ1v) is 7.84. The highest BCUT2D eigenvalue weighted by Gasteiger charge is 2.33. The van der Waals surface area contributed by atoms with E-state index in [4.69, 9.17) is 10.5 Å². The molecular weight excluding hydrogens is 294 g/mol. The van der Waals surface area contributed by atoms with Crippen molar-refractivity contribution in [1.82, 2.24) is 10.2 Å². The largest absolute Gasteiger partial charge is 0.380 e. The van der Waals surface area contributed by atoms with Gasteiger partial charge in [0.25, 0.3) is 0 Å². The van der Waals surface area contributed by atoms with Crippen LogP contribution in [0.1, 0.15) is 18.1 Å². The third-order valence-corrected chi connectivity index (χ3v) is 4.24. The molecule has 23 heavy (non-hydrogen) atoms. The van der Waals surface area contributed by atoms with Gasteiger partial charge in [-0.25, -0.2) is 0 Å². The quantitative estimate of drug-likeness (QED) is 0.766. The molecule has 3 N–H and O–H groups in total. The molecule has 0 aliphatic carbocycles. The van der Waals surface area contributed by atoms with Gasteiger partial charge in [0, 0.05) is 26.7 Å². The van der Waals surface area contributed by atoms with Gasteiger partial charge in [0.1, 0.15) is 0 Å². The van der Waals surface area contributed by atoms with Gasteiger partial charge in [-0.3, -0.25) is 14.5 Å². The minimum Gasteiger partial charge on any atom is -0.380 e. The molecule has 1 aromatic rings. The number of methoxy groups -OCH3 is 1. The van der Waals surface area contributed by atoms with E-state index in [2.05, 4.69) is 5.32 Å². The second-order valence-electron chi connectivity index (χ2n) is 6.21. The molecule has 0 aromatic heterocycles. The number of hydrogen-bond donors (Lipinski definition) is 2. The van der Waals surface area contributed by atoms with Crippen molar-refractivity contribution in [3.63, 3.8) is 0 Å². The second-order valence-corrected chi connectivity index (χ2v) is 6.21. The Kier molecular flexibility index (Phi) is 6.12. The van der Waals surface area contributed by atoms with Gasteiger partial charge in [-0.1, -0.05) is 31.2 Å². The normalized spacial score (nSPS) is 21.3. The molecule has 6 nitrogen and oxygen atoms in total. The van der Waals surface area contributed by atoms with Crippen LogP contribution in [0.4, 0.5) is 0 Å². The van der Waals surface area contributed by atoms with E-state index in [0.717, 1.165) is 17.7 Å². The van der Waals surface area contributed by atoms with Crippen LogP contribution in [0.5, 0.6) is 0 Å². The van der Waals surface area contributed by atoms with Crippen molar-refractivity contribution < 1.29 is 14.3 Å². The fourth-order valence-electron chi connectivity index (χ4n) is 2.95. The fraction of sp³-hybridized carbons (Fsp3) is 0.529. The zero-order valence-electron chi connectivity index (χ0n) is 13.7. The fourth-order valence-corrected chi connectivity index (χ4v) is 2.95. The van der Waals surface area contributed by atoms with Crippen LogP contribution in [-0.4, -0.2) is 43.5 Å². The van der Waals surface area contributed by atoms with Crippen molar-refractivity contribution in [3.8, 4) is 0 Å². The monoisotopic (exact) mass is 319 g/mol. The number of primary amides is 1. The van der Waals surface area contributed by atoms with E-state index < -0.39 is 0 Å². The number of nitrogens with zero attached hydrogens (tertiary/aromatic N) is 1. The zero-order valence-corrected chi connectivity index (χ0v) is 13.7. The van der Waals surface area contributed by atoms with Gasteiger partial charge in [0.2, 0.25) is 11.8 Å². The standard InChI is InChI=1S/C17H25N3O3/c1-12-8-20(9-15(12)17(18)22)10-16(21)19-7-13-3-5-14(6-4-13)11-23-2/h3-6,12,15H,7-11H2,1-2H3,(H2,18,22)(H,19,21)/t12-,15-/m1/s1. The van der Waals surface area contributed by atoms with Crippen LogP contribution < -0.4 is 11.1 Å². The summed E-state index contributed by atoms with van der Waals surface area (Å²) in [6.45, 7) is 4.67. The van der Waals surface area contributed by atoms with E-state index in [1.54, 1.807) is 7.11 Å². The summed E-state index contributed by atoms with van der Waals surface area (Å²) in [6, 6.07) is 7.94. The van der Waals surface area contributed by atoms with Crippen molar-refractivity contribution >= 4 is 11.8 Å². The van der Waals surface area contributed by atoms with Crippen LogP contribution in [0.2, 0.25) is 0 Å². The lowest BCUT2D eigenvalue weighted by Gasteiger charge is -2.15. The number of carbonyl (C=O) groups excluding carboxylic acids is 2. The molecule has 1 aromatic carbocycles. The van der Waals surface area contributed by atoms with Gasteiger partial charge < -0.3 is 15.8 Å². The molecule has 126 valence electrons. The van der Waals surface area contributed by atoms with Gasteiger partial charge in [-0.05, 0) is 17.0 Å². The number of ether oxygens (including phenoxy) is 1. The maximum absolute atomic E-state index is 12.0. The number of amides is 2. The molecule has 6 heteroatoms. The van der Waals surface area contributed by atoms with Crippen molar-refractivity contribution in [2.45, 2.75) is 20.1 Å². The smallest absolute Gasteiger partial charge is 0.234 e. The summed E-state index contributed by atoms with van der Waals surface area (Å²) in [5.74, 6) is -0.274. The first-order chi connectivity index (χ1) is 11.0. The molecule has 2 atom stereocenters. The van der Waals surface area contributed by atoms with Crippen LogP contribution >= 0.6 is 0 Å². The molecule has 1 aliphatic heterocycles. The maximum Gasteiger partial charge on any atom is 0.234 e. The summed E-state index contributed by atoms with van der Waals surface area (Å²) < 4.78 is 5.07. The summed E-state index contributed by atoms with van der Waals surface area (Å²) >= 11 is 0. The zero-order chi connectivity index (χ0) is 16.8. The van der Waals surface area contributed by atoms with Gasteiger partial charge in [0.05, 0.1) is 19.1 Å². The van der Waals surface area contributed by atoms with E-state index in [1.807, 2.05) is 36.1 Å². The highest BCUT2D eigenvalue weighted by molar-refractivity contribution is 5.79. The van der Waals surface area contributed by atoms with Crippen LogP contribution in [0.15, 0.2) is 24.3 Å². The lowest BCUT2D eigenvalue weighted by molar-refractivity contribution is -0.124. The third-order valence-electron chi connectivity index (χ3n) is 4.24. The van der Waals surface area contributed by atoms with Crippen molar-refractivity contribution in [1.29, 1.82) is 0 Å². The highest BCUT2D eigenvalue weighted by Crippen LogP contribution is 2.21. The van der Waals surface area contributed by atoms with Gasteiger partial charge in [0.15, 0.2) is 0 Å². The van der Waals surface area contributed by atoms with E-state index in [9.17, 15) is 9.59 Å². The maximum atomic E-state index is 12.0. The first-order valence-electron chi connectivity index (χ1n) is 7.84. The third kappa shape index (κ3) is 5.04.